The van der Waals surface area contributed by atoms with E-state index in [-0.39, 0.29) is 5.41 Å². The average Bonchev–Trinajstić information content (AvgIpc) is 3.79. The van der Waals surface area contributed by atoms with Gasteiger partial charge in [0.1, 0.15) is 5.01 Å². The lowest BCUT2D eigenvalue weighted by molar-refractivity contribution is 0.661. The summed E-state index contributed by atoms with van der Waals surface area (Å²) in [6.07, 6.45) is 0. The molecule has 0 saturated carbocycles. The normalized spacial score (nSPS) is 13.1. The number of hydrogen-bond donors (Lipinski definition) is 0. The molecule has 3 aromatic heterocycles. The number of hydrogen-bond acceptors (Lipinski definition) is 5. The number of aromatic nitrogens is 5. The molecule has 8 aromatic carbocycles. The van der Waals surface area contributed by atoms with Gasteiger partial charge in [-0.2, -0.15) is 0 Å². The van der Waals surface area contributed by atoms with Crippen LogP contribution in [0.3, 0.4) is 0 Å². The van der Waals surface area contributed by atoms with Crippen molar-refractivity contribution < 1.29 is 0 Å². The molecule has 0 spiro atoms. The summed E-state index contributed by atoms with van der Waals surface area (Å²) in [5, 5.41) is 5.66. The molecule has 0 bridgehead atoms. The lowest BCUT2D eigenvalue weighted by atomic mass is 9.81. The Balaban J connectivity index is 0.915. The maximum Gasteiger partial charge on any atom is 0.165 e. The van der Waals surface area contributed by atoms with Crippen LogP contribution in [-0.4, -0.2) is 24.5 Å². The highest BCUT2D eigenvalue weighted by Crippen LogP contribution is 2.53. The Morgan fingerprint density at radius 3 is 2.03 bits per heavy atom. The fraction of sp³-hybridized carbons (Fsp3) is 0.0536. The van der Waals surface area contributed by atoms with E-state index in [1.807, 2.05) is 36.4 Å². The Bertz CT molecular complexity index is 3820. The summed E-state index contributed by atoms with van der Waals surface area (Å²) < 4.78 is 3.63. The Morgan fingerprint density at radius 2 is 1.18 bits per heavy atom. The zero-order valence-corrected chi connectivity index (χ0v) is 34.7. The van der Waals surface area contributed by atoms with Gasteiger partial charge in [0, 0.05) is 60.1 Å². The van der Waals surface area contributed by atoms with E-state index in [0.29, 0.717) is 17.5 Å². The molecule has 3 heterocycles. The molecule has 11 aromatic rings. The van der Waals surface area contributed by atoms with E-state index >= 15 is 0 Å². The van der Waals surface area contributed by atoms with Crippen LogP contribution in [0, 0.1) is 0 Å². The van der Waals surface area contributed by atoms with Crippen molar-refractivity contribution in [3.63, 3.8) is 0 Å². The van der Waals surface area contributed by atoms with Crippen LogP contribution in [0.25, 0.3) is 110 Å². The van der Waals surface area contributed by atoms with Crippen LogP contribution < -0.4 is 10.4 Å². The first-order valence-electron chi connectivity index (χ1n) is 21.0. The number of fused-ring (bicyclic) bond motifs is 9. The minimum atomic E-state index is -0.155. The molecule has 0 atom stereocenters. The minimum absolute atomic E-state index is 0.155. The van der Waals surface area contributed by atoms with Gasteiger partial charge in [-0.05, 0) is 82.4 Å². The van der Waals surface area contributed by atoms with E-state index in [2.05, 4.69) is 164 Å². The minimum Gasteiger partial charge on any atom is -0.309 e. The first-order valence-corrected chi connectivity index (χ1v) is 21.8. The summed E-state index contributed by atoms with van der Waals surface area (Å²) in [6.45, 7) is 4.72. The van der Waals surface area contributed by atoms with Crippen molar-refractivity contribution in [2.75, 3.05) is 0 Å². The van der Waals surface area contributed by atoms with E-state index in [4.69, 9.17) is 19.9 Å². The second-order valence-electron chi connectivity index (χ2n) is 16.8. The van der Waals surface area contributed by atoms with Crippen LogP contribution >= 0.6 is 11.3 Å². The number of para-hydroxylation sites is 1. The zero-order chi connectivity index (χ0) is 41.1. The van der Waals surface area contributed by atoms with Crippen molar-refractivity contribution in [1.82, 2.24) is 24.5 Å². The first-order chi connectivity index (χ1) is 30.5. The summed E-state index contributed by atoms with van der Waals surface area (Å²) >= 11 is 1.80. The second-order valence-corrected chi connectivity index (χ2v) is 17.8. The molecular weight excluding hydrogens is 775 g/mol. The van der Waals surface area contributed by atoms with Gasteiger partial charge in [0.25, 0.3) is 0 Å². The molecule has 0 fully saturated rings. The van der Waals surface area contributed by atoms with Gasteiger partial charge in [0.2, 0.25) is 0 Å². The predicted octanol–water partition coefficient (Wildman–Crippen LogP) is 12.3. The van der Waals surface area contributed by atoms with Gasteiger partial charge in [0.15, 0.2) is 17.5 Å². The van der Waals surface area contributed by atoms with Crippen LogP contribution in [0.2, 0.25) is 0 Å². The SMILES string of the molecule is CC1(C)c2cc(-c3ccc4c(c3)c3ccccc3n4-c3cccc(-c4nc(-c5ccccc5)nc(-c5cccc6c5=C=6)n4)c3)ccc2-c2c1ccc1nc(-c3ccccc3)sc21. The maximum atomic E-state index is 5.09. The van der Waals surface area contributed by atoms with Crippen molar-refractivity contribution in [2.24, 2.45) is 0 Å². The van der Waals surface area contributed by atoms with E-state index < -0.39 is 0 Å². The van der Waals surface area contributed by atoms with Crippen molar-refractivity contribution in [3.8, 4) is 72.7 Å². The van der Waals surface area contributed by atoms with E-state index in [9.17, 15) is 0 Å². The highest BCUT2D eigenvalue weighted by molar-refractivity contribution is 7.22. The van der Waals surface area contributed by atoms with Gasteiger partial charge in [-0.25, -0.2) is 19.9 Å². The van der Waals surface area contributed by atoms with Gasteiger partial charge >= 0.3 is 0 Å². The van der Waals surface area contributed by atoms with E-state index in [1.165, 1.54) is 48.9 Å². The van der Waals surface area contributed by atoms with Gasteiger partial charge < -0.3 is 4.57 Å². The molecule has 0 N–H and O–H groups in total. The molecule has 290 valence electrons. The number of nitrogens with zero attached hydrogens (tertiary/aromatic N) is 5. The molecule has 62 heavy (non-hydrogen) atoms. The molecule has 0 saturated heterocycles. The molecular formula is C56H35N5S. The van der Waals surface area contributed by atoms with E-state index in [0.717, 1.165) is 59.9 Å². The number of thiazole rings is 1. The summed E-state index contributed by atoms with van der Waals surface area (Å²) in [7, 11) is 0. The Kier molecular flexibility index (Phi) is 7.41. The third-order valence-electron chi connectivity index (χ3n) is 12.8. The zero-order valence-electron chi connectivity index (χ0n) is 33.9. The topological polar surface area (TPSA) is 56.5 Å². The summed E-state index contributed by atoms with van der Waals surface area (Å²) in [5.74, 6) is 1.93. The third kappa shape index (κ3) is 5.34. The van der Waals surface area contributed by atoms with Crippen LogP contribution in [-0.2, 0) is 5.41 Å². The van der Waals surface area contributed by atoms with Crippen LogP contribution in [0.4, 0.5) is 0 Å². The van der Waals surface area contributed by atoms with Gasteiger partial charge in [-0.3, -0.25) is 0 Å². The largest absolute Gasteiger partial charge is 0.309 e. The first kappa shape index (κ1) is 35.0. The third-order valence-corrected chi connectivity index (χ3v) is 13.9. The van der Waals surface area contributed by atoms with Crippen molar-refractivity contribution >= 4 is 49.1 Å². The summed E-state index contributed by atoms with van der Waals surface area (Å²) in [4.78, 5) is 20.2. The fourth-order valence-electron chi connectivity index (χ4n) is 9.60. The van der Waals surface area contributed by atoms with Gasteiger partial charge in [-0.1, -0.05) is 135 Å². The monoisotopic (exact) mass is 809 g/mol. The highest BCUT2D eigenvalue weighted by Gasteiger charge is 2.37. The quantitative estimate of drug-likeness (QED) is 0.168. The van der Waals surface area contributed by atoms with Crippen molar-refractivity contribution in [1.29, 1.82) is 0 Å². The molecule has 5 nitrogen and oxygen atoms in total. The molecule has 2 aliphatic carbocycles. The molecule has 0 radical (unpaired) electrons. The average molecular weight is 810 g/mol. The second kappa shape index (κ2) is 13.1. The lowest BCUT2D eigenvalue weighted by Crippen LogP contribution is -2.14. The van der Waals surface area contributed by atoms with Crippen LogP contribution in [0.15, 0.2) is 176 Å². The molecule has 13 rings (SSSR count). The molecule has 6 heteroatoms. The number of benzene rings is 8. The predicted molar refractivity (Wildman–Crippen MR) is 254 cm³/mol. The van der Waals surface area contributed by atoms with E-state index in [1.54, 1.807) is 11.3 Å². The number of rotatable bonds is 6. The standard InChI is InChI=1S/C56H35N5S/c1-56(2)45-26-27-47-51(62-55(57-47)34-15-7-4-8-16-34)50(45)42-25-23-36(32-46(42)56)35-24-28-49-44(30-35)40-20-9-10-22-48(40)61(49)39-19-11-18-38(29-39)53-58-52(33-13-5-3-6-14-33)59-54(60-53)41-21-12-17-37-31-43(37)41/h3-30,32H,1-2H3. The van der Waals surface area contributed by atoms with Crippen molar-refractivity contribution in [2.45, 2.75) is 19.3 Å². The fourth-order valence-corrected chi connectivity index (χ4v) is 10.7. The molecule has 0 unspecified atom stereocenters. The summed E-state index contributed by atoms with van der Waals surface area (Å²) in [5.41, 5.74) is 19.4. The van der Waals surface area contributed by atoms with Gasteiger partial charge in [-0.15, -0.1) is 17.1 Å². The van der Waals surface area contributed by atoms with Crippen LogP contribution in [0.1, 0.15) is 25.0 Å². The maximum absolute atomic E-state index is 5.09. The summed E-state index contributed by atoms with van der Waals surface area (Å²) in [6, 6.07) is 62.6. The Labute approximate surface area is 361 Å². The molecule has 0 aliphatic heterocycles. The lowest BCUT2D eigenvalue weighted by Gasteiger charge is -2.22. The molecule has 0 amide bonds. The highest BCUT2D eigenvalue weighted by atomic mass is 32.1. The Morgan fingerprint density at radius 1 is 0.484 bits per heavy atom. The Hall–Kier alpha value is -7.76. The molecule has 2 aliphatic rings. The van der Waals surface area contributed by atoms with Crippen LogP contribution in [0.5, 0.6) is 0 Å². The smallest absolute Gasteiger partial charge is 0.165 e. The van der Waals surface area contributed by atoms with Gasteiger partial charge in [0.05, 0.1) is 21.3 Å². The van der Waals surface area contributed by atoms with Crippen molar-refractivity contribution in [3.05, 3.63) is 197 Å².